The fourth-order valence-electron chi connectivity index (χ4n) is 3.97. The number of hydrogen-bond donors (Lipinski definition) is 3. The third kappa shape index (κ3) is 2.48. The molecule has 0 aliphatic carbocycles. The summed E-state index contributed by atoms with van der Waals surface area (Å²) in [6, 6.07) is 0.643. The molecule has 2 unspecified atom stereocenters. The Labute approximate surface area is 124 Å². The van der Waals surface area contributed by atoms with Gasteiger partial charge in [0.2, 0.25) is 5.91 Å². The Balaban J connectivity index is 1.72. The zero-order chi connectivity index (χ0) is 14.9. The van der Waals surface area contributed by atoms with Crippen molar-refractivity contribution >= 4 is 11.7 Å². The van der Waals surface area contributed by atoms with Gasteiger partial charge in [0.15, 0.2) is 5.84 Å². The second-order valence-electron chi connectivity index (χ2n) is 6.29. The summed E-state index contributed by atoms with van der Waals surface area (Å²) in [5.74, 6) is -0.107. The molecule has 3 heterocycles. The number of amidine groups is 1. The number of oxime groups is 1. The van der Waals surface area contributed by atoms with E-state index in [9.17, 15) is 4.79 Å². The van der Waals surface area contributed by atoms with Gasteiger partial charge in [-0.1, -0.05) is 5.16 Å². The Morgan fingerprint density at radius 3 is 2.81 bits per heavy atom. The standard InChI is InChI=1S/C14H24N4O3/c15-12(17-20)14(4-8-21-9-5-14)13(19)16-10-3-7-18-6-1-2-11(10)18/h10-11,20H,1-9H2,(H2,15,17)(H,16,19). The fraction of sp³-hybridized carbons (Fsp3) is 0.857. The van der Waals surface area contributed by atoms with Gasteiger partial charge in [-0.25, -0.2) is 0 Å². The van der Waals surface area contributed by atoms with Crippen LogP contribution in [0, 0.1) is 5.41 Å². The predicted molar refractivity (Wildman–Crippen MR) is 77.0 cm³/mol. The van der Waals surface area contributed by atoms with E-state index < -0.39 is 5.41 Å². The summed E-state index contributed by atoms with van der Waals surface area (Å²) < 4.78 is 5.33. The number of nitrogens with two attached hydrogens (primary N) is 1. The maximum absolute atomic E-state index is 12.8. The van der Waals surface area contributed by atoms with Gasteiger partial charge in [-0.3, -0.25) is 9.69 Å². The van der Waals surface area contributed by atoms with Crippen LogP contribution < -0.4 is 11.1 Å². The van der Waals surface area contributed by atoms with Crippen molar-refractivity contribution in [1.82, 2.24) is 10.2 Å². The molecule has 4 N–H and O–H groups in total. The molecular formula is C14H24N4O3. The predicted octanol–water partition coefficient (Wildman–Crippen LogP) is -0.117. The first-order chi connectivity index (χ1) is 10.2. The first-order valence-corrected chi connectivity index (χ1v) is 7.78. The molecular weight excluding hydrogens is 272 g/mol. The number of carbonyl (C=O) groups is 1. The van der Waals surface area contributed by atoms with Crippen LogP contribution in [0.5, 0.6) is 0 Å². The number of fused-ring (bicyclic) bond motifs is 1. The highest BCUT2D eigenvalue weighted by atomic mass is 16.5. The fourth-order valence-corrected chi connectivity index (χ4v) is 3.97. The number of amides is 1. The van der Waals surface area contributed by atoms with Crippen molar-refractivity contribution in [3.63, 3.8) is 0 Å². The highest BCUT2D eigenvalue weighted by Crippen LogP contribution is 2.33. The van der Waals surface area contributed by atoms with E-state index in [0.29, 0.717) is 32.1 Å². The highest BCUT2D eigenvalue weighted by Gasteiger charge is 2.47. The van der Waals surface area contributed by atoms with Gasteiger partial charge in [-0.05, 0) is 38.6 Å². The Hall–Kier alpha value is -1.34. The Kier molecular flexibility index (Phi) is 4.03. The lowest BCUT2D eigenvalue weighted by molar-refractivity contribution is -0.132. The van der Waals surface area contributed by atoms with Crippen LogP contribution in [0.3, 0.4) is 0 Å². The van der Waals surface area contributed by atoms with E-state index in [2.05, 4.69) is 15.4 Å². The van der Waals surface area contributed by atoms with Crippen LogP contribution in [0.2, 0.25) is 0 Å². The van der Waals surface area contributed by atoms with Crippen LogP contribution in [-0.4, -0.2) is 60.2 Å². The molecule has 3 aliphatic rings. The molecule has 0 aromatic carbocycles. The van der Waals surface area contributed by atoms with Crippen molar-refractivity contribution in [3.8, 4) is 0 Å². The van der Waals surface area contributed by atoms with Gasteiger partial charge in [-0.2, -0.15) is 0 Å². The number of carbonyl (C=O) groups excluding carboxylic acids is 1. The molecule has 0 radical (unpaired) electrons. The lowest BCUT2D eigenvalue weighted by atomic mass is 9.77. The van der Waals surface area contributed by atoms with Gasteiger partial charge >= 0.3 is 0 Å². The molecule has 3 aliphatic heterocycles. The summed E-state index contributed by atoms with van der Waals surface area (Å²) >= 11 is 0. The number of nitrogens with zero attached hydrogens (tertiary/aromatic N) is 2. The van der Waals surface area contributed by atoms with E-state index in [4.69, 9.17) is 15.7 Å². The highest BCUT2D eigenvalue weighted by molar-refractivity contribution is 6.07. The molecule has 3 rings (SSSR count). The molecule has 1 amide bonds. The number of ether oxygens (including phenoxy) is 1. The van der Waals surface area contributed by atoms with E-state index in [1.165, 1.54) is 6.42 Å². The van der Waals surface area contributed by atoms with Gasteiger partial charge in [-0.15, -0.1) is 0 Å². The number of nitrogens with one attached hydrogen (secondary N) is 1. The minimum Gasteiger partial charge on any atom is -0.409 e. The van der Waals surface area contributed by atoms with Crippen molar-refractivity contribution in [1.29, 1.82) is 0 Å². The molecule has 2 atom stereocenters. The Morgan fingerprint density at radius 2 is 2.10 bits per heavy atom. The average Bonchev–Trinajstić information content (AvgIpc) is 3.12. The van der Waals surface area contributed by atoms with Gasteiger partial charge in [0.25, 0.3) is 0 Å². The van der Waals surface area contributed by atoms with Gasteiger partial charge in [0, 0.05) is 31.8 Å². The van der Waals surface area contributed by atoms with E-state index in [1.807, 2.05) is 0 Å². The van der Waals surface area contributed by atoms with Gasteiger partial charge in [0.1, 0.15) is 5.41 Å². The summed E-state index contributed by atoms with van der Waals surface area (Å²) in [6.45, 7) is 3.11. The van der Waals surface area contributed by atoms with Gasteiger partial charge < -0.3 is 21.0 Å². The molecule has 21 heavy (non-hydrogen) atoms. The minimum atomic E-state index is -0.918. The van der Waals surface area contributed by atoms with Crippen LogP contribution >= 0.6 is 0 Å². The van der Waals surface area contributed by atoms with Crippen LogP contribution in [0.25, 0.3) is 0 Å². The quantitative estimate of drug-likeness (QED) is 0.292. The van der Waals surface area contributed by atoms with Crippen molar-refractivity contribution in [3.05, 3.63) is 0 Å². The zero-order valence-electron chi connectivity index (χ0n) is 12.3. The lowest BCUT2D eigenvalue weighted by Gasteiger charge is -2.36. The molecule has 0 saturated carbocycles. The van der Waals surface area contributed by atoms with Crippen LogP contribution in [-0.2, 0) is 9.53 Å². The van der Waals surface area contributed by atoms with E-state index >= 15 is 0 Å². The second-order valence-corrected chi connectivity index (χ2v) is 6.29. The minimum absolute atomic E-state index is 0.00424. The summed E-state index contributed by atoms with van der Waals surface area (Å²) in [7, 11) is 0. The lowest BCUT2D eigenvalue weighted by Crippen LogP contribution is -2.56. The first-order valence-electron chi connectivity index (χ1n) is 7.78. The van der Waals surface area contributed by atoms with E-state index in [0.717, 1.165) is 25.9 Å². The molecule has 0 spiro atoms. The zero-order valence-corrected chi connectivity index (χ0v) is 12.3. The Bertz CT molecular complexity index is 434. The Morgan fingerprint density at radius 1 is 1.33 bits per heavy atom. The van der Waals surface area contributed by atoms with Crippen LogP contribution in [0.15, 0.2) is 5.16 Å². The number of rotatable bonds is 3. The van der Waals surface area contributed by atoms with Crippen molar-refractivity contribution in [2.75, 3.05) is 26.3 Å². The molecule has 3 fully saturated rings. The largest absolute Gasteiger partial charge is 0.409 e. The van der Waals surface area contributed by atoms with E-state index in [-0.39, 0.29) is 17.8 Å². The average molecular weight is 296 g/mol. The van der Waals surface area contributed by atoms with E-state index in [1.54, 1.807) is 0 Å². The molecule has 7 nitrogen and oxygen atoms in total. The first kappa shape index (κ1) is 14.6. The third-order valence-corrected chi connectivity index (χ3v) is 5.30. The van der Waals surface area contributed by atoms with Crippen LogP contribution in [0.4, 0.5) is 0 Å². The van der Waals surface area contributed by atoms with Crippen molar-refractivity contribution < 1.29 is 14.7 Å². The van der Waals surface area contributed by atoms with Gasteiger partial charge in [0.05, 0.1) is 0 Å². The second kappa shape index (κ2) is 5.81. The number of hydrogen-bond acceptors (Lipinski definition) is 5. The topological polar surface area (TPSA) is 100 Å². The summed E-state index contributed by atoms with van der Waals surface area (Å²) in [5.41, 5.74) is 4.92. The normalized spacial score (nSPS) is 32.9. The maximum Gasteiger partial charge on any atom is 0.234 e. The molecule has 3 saturated heterocycles. The monoisotopic (exact) mass is 296 g/mol. The van der Waals surface area contributed by atoms with Crippen molar-refractivity contribution in [2.24, 2.45) is 16.3 Å². The molecule has 7 heteroatoms. The third-order valence-electron chi connectivity index (χ3n) is 5.30. The smallest absolute Gasteiger partial charge is 0.234 e. The maximum atomic E-state index is 12.8. The summed E-state index contributed by atoms with van der Waals surface area (Å²) in [4.78, 5) is 15.3. The molecule has 118 valence electrons. The summed E-state index contributed by atoms with van der Waals surface area (Å²) in [6.07, 6.45) is 4.27. The summed E-state index contributed by atoms with van der Waals surface area (Å²) in [5, 5.41) is 15.3. The van der Waals surface area contributed by atoms with Crippen LogP contribution in [0.1, 0.15) is 32.1 Å². The molecule has 0 aromatic rings. The van der Waals surface area contributed by atoms with Crippen molar-refractivity contribution in [2.45, 2.75) is 44.2 Å². The molecule has 0 bridgehead atoms. The SMILES string of the molecule is NC(=NO)C1(C(=O)NC2CCN3CCCC23)CCOCC1. The molecule has 0 aromatic heterocycles.